The highest BCUT2D eigenvalue weighted by Crippen LogP contribution is 2.26. The first kappa shape index (κ1) is 16.2. The van der Waals surface area contributed by atoms with Gasteiger partial charge in [-0.05, 0) is 25.0 Å². The number of likely N-dealkylation sites (N-methyl/N-ethyl adjacent to an activating group) is 1. The fraction of sp³-hybridized carbons (Fsp3) is 0.556. The molecule has 2 fully saturated rings. The van der Waals surface area contributed by atoms with E-state index in [4.69, 9.17) is 9.15 Å². The lowest BCUT2D eigenvalue weighted by atomic mass is 10.1. The van der Waals surface area contributed by atoms with E-state index in [9.17, 15) is 4.79 Å². The summed E-state index contributed by atoms with van der Waals surface area (Å²) in [6, 6.07) is 8.71. The number of para-hydroxylation sites is 2. The lowest BCUT2D eigenvalue weighted by molar-refractivity contribution is 0.0413. The minimum Gasteiger partial charge on any atom is -0.423 e. The second-order valence-corrected chi connectivity index (χ2v) is 6.70. The van der Waals surface area contributed by atoms with Gasteiger partial charge in [-0.25, -0.2) is 4.79 Å². The molecule has 1 atom stereocenters. The van der Waals surface area contributed by atoms with Gasteiger partial charge in [0.1, 0.15) is 5.52 Å². The Kier molecular flexibility index (Phi) is 4.48. The number of anilines is 1. The summed E-state index contributed by atoms with van der Waals surface area (Å²) in [5.41, 5.74) is 1.68. The van der Waals surface area contributed by atoms with Gasteiger partial charge >= 0.3 is 6.03 Å². The van der Waals surface area contributed by atoms with Gasteiger partial charge in [0.15, 0.2) is 5.58 Å². The molecule has 2 aliphatic heterocycles. The summed E-state index contributed by atoms with van der Waals surface area (Å²) >= 11 is 0. The average Bonchev–Trinajstić information content (AvgIpc) is 3.12. The van der Waals surface area contributed by atoms with Crippen LogP contribution in [-0.4, -0.2) is 73.3 Å². The van der Waals surface area contributed by atoms with Crippen LogP contribution in [0.25, 0.3) is 11.1 Å². The molecule has 0 saturated carbocycles. The number of rotatable bonds is 2. The van der Waals surface area contributed by atoms with Gasteiger partial charge in [0, 0.05) is 33.2 Å². The molecule has 0 radical (unpaired) electrons. The molecule has 3 heterocycles. The van der Waals surface area contributed by atoms with Crippen molar-refractivity contribution < 1.29 is 13.9 Å². The summed E-state index contributed by atoms with van der Waals surface area (Å²) in [7, 11) is 1.90. The number of ether oxygens (including phenoxy) is 1. The van der Waals surface area contributed by atoms with E-state index in [1.54, 1.807) is 0 Å². The quantitative estimate of drug-likeness (QED) is 0.836. The minimum absolute atomic E-state index is 0.0905. The SMILES string of the molecule is CN(C(=O)N1CCOCC1)C1CCCN(c2nc3ccccc3o2)C1. The van der Waals surface area contributed by atoms with E-state index in [0.29, 0.717) is 32.3 Å². The number of benzene rings is 1. The summed E-state index contributed by atoms with van der Waals surface area (Å²) in [5, 5.41) is 0. The Balaban J connectivity index is 1.45. The fourth-order valence-electron chi connectivity index (χ4n) is 3.57. The lowest BCUT2D eigenvalue weighted by Gasteiger charge is -2.39. The Labute approximate surface area is 147 Å². The molecule has 4 rings (SSSR count). The van der Waals surface area contributed by atoms with Gasteiger partial charge in [-0.1, -0.05) is 12.1 Å². The number of oxazole rings is 1. The smallest absolute Gasteiger partial charge is 0.320 e. The fourth-order valence-corrected chi connectivity index (χ4v) is 3.57. The zero-order valence-corrected chi connectivity index (χ0v) is 14.6. The third-order valence-corrected chi connectivity index (χ3v) is 5.08. The molecule has 0 spiro atoms. The van der Waals surface area contributed by atoms with Gasteiger partial charge in [0.05, 0.1) is 19.3 Å². The molecule has 2 aliphatic rings. The normalized spacial score (nSPS) is 21.6. The Morgan fingerprint density at radius 1 is 1.24 bits per heavy atom. The van der Waals surface area contributed by atoms with Crippen LogP contribution in [0.1, 0.15) is 12.8 Å². The average molecular weight is 344 g/mol. The van der Waals surface area contributed by atoms with Gasteiger partial charge in [-0.2, -0.15) is 4.98 Å². The van der Waals surface area contributed by atoms with Crippen LogP contribution in [0, 0.1) is 0 Å². The first-order valence-electron chi connectivity index (χ1n) is 8.92. The molecule has 1 unspecified atom stereocenters. The predicted octanol–water partition coefficient (Wildman–Crippen LogP) is 2.18. The summed E-state index contributed by atoms with van der Waals surface area (Å²) in [4.78, 5) is 23.2. The number of piperidine rings is 1. The van der Waals surface area contributed by atoms with Crippen LogP contribution in [0.15, 0.2) is 28.7 Å². The van der Waals surface area contributed by atoms with Gasteiger partial charge in [0.25, 0.3) is 6.01 Å². The van der Waals surface area contributed by atoms with E-state index in [2.05, 4.69) is 9.88 Å². The Morgan fingerprint density at radius 3 is 2.84 bits per heavy atom. The van der Waals surface area contributed by atoms with E-state index in [0.717, 1.165) is 37.0 Å². The van der Waals surface area contributed by atoms with Crippen LogP contribution in [0.3, 0.4) is 0 Å². The van der Waals surface area contributed by atoms with Crippen LogP contribution < -0.4 is 4.90 Å². The Morgan fingerprint density at radius 2 is 2.04 bits per heavy atom. The molecular weight excluding hydrogens is 320 g/mol. The molecule has 1 aromatic carbocycles. The molecule has 2 amide bonds. The van der Waals surface area contributed by atoms with Crippen molar-refractivity contribution >= 4 is 23.1 Å². The first-order chi connectivity index (χ1) is 12.2. The molecule has 7 heteroatoms. The highest BCUT2D eigenvalue weighted by atomic mass is 16.5. The van der Waals surface area contributed by atoms with Crippen molar-refractivity contribution in [3.63, 3.8) is 0 Å². The maximum atomic E-state index is 12.7. The second kappa shape index (κ2) is 6.92. The molecular formula is C18H24N4O3. The van der Waals surface area contributed by atoms with Crippen LogP contribution in [0.5, 0.6) is 0 Å². The number of carbonyl (C=O) groups is 1. The number of hydrogen-bond donors (Lipinski definition) is 0. The zero-order valence-electron chi connectivity index (χ0n) is 14.6. The third kappa shape index (κ3) is 3.28. The van der Waals surface area contributed by atoms with Crippen molar-refractivity contribution in [2.24, 2.45) is 0 Å². The predicted molar refractivity (Wildman–Crippen MR) is 94.8 cm³/mol. The first-order valence-corrected chi connectivity index (χ1v) is 8.92. The molecule has 7 nitrogen and oxygen atoms in total. The van der Waals surface area contributed by atoms with Crippen molar-refractivity contribution in [2.75, 3.05) is 51.3 Å². The summed E-state index contributed by atoms with van der Waals surface area (Å²) in [5.74, 6) is 0. The monoisotopic (exact) mass is 344 g/mol. The van der Waals surface area contributed by atoms with Crippen molar-refractivity contribution in [2.45, 2.75) is 18.9 Å². The number of amides is 2. The second-order valence-electron chi connectivity index (χ2n) is 6.70. The maximum Gasteiger partial charge on any atom is 0.320 e. The van der Waals surface area contributed by atoms with E-state index < -0.39 is 0 Å². The Hall–Kier alpha value is -2.28. The number of carbonyl (C=O) groups excluding carboxylic acids is 1. The molecule has 25 heavy (non-hydrogen) atoms. The third-order valence-electron chi connectivity index (χ3n) is 5.08. The van der Waals surface area contributed by atoms with Gasteiger partial charge in [0.2, 0.25) is 0 Å². The Bertz CT molecular complexity index is 708. The standard InChI is InChI=1S/C18H24N4O3/c1-20(18(23)21-9-11-24-12-10-21)14-5-4-8-22(13-14)17-19-15-6-2-3-7-16(15)25-17/h2-3,6-7,14H,4-5,8-13H2,1H3. The largest absolute Gasteiger partial charge is 0.423 e. The molecule has 0 N–H and O–H groups in total. The molecule has 0 bridgehead atoms. The number of fused-ring (bicyclic) bond motifs is 1. The van der Waals surface area contributed by atoms with E-state index in [-0.39, 0.29) is 12.1 Å². The van der Waals surface area contributed by atoms with Crippen LogP contribution in [0.2, 0.25) is 0 Å². The number of morpholine rings is 1. The molecule has 134 valence electrons. The number of aromatic nitrogens is 1. The highest BCUT2D eigenvalue weighted by Gasteiger charge is 2.30. The number of urea groups is 1. The topological polar surface area (TPSA) is 62.1 Å². The minimum atomic E-state index is 0.0905. The maximum absolute atomic E-state index is 12.7. The van der Waals surface area contributed by atoms with Crippen LogP contribution in [0.4, 0.5) is 10.8 Å². The van der Waals surface area contributed by atoms with E-state index in [1.807, 2.05) is 41.1 Å². The summed E-state index contributed by atoms with van der Waals surface area (Å²) < 4.78 is 11.2. The summed E-state index contributed by atoms with van der Waals surface area (Å²) in [6.45, 7) is 4.25. The van der Waals surface area contributed by atoms with Gasteiger partial charge < -0.3 is 23.9 Å². The van der Waals surface area contributed by atoms with E-state index in [1.165, 1.54) is 0 Å². The number of hydrogen-bond acceptors (Lipinski definition) is 5. The lowest BCUT2D eigenvalue weighted by Crippen LogP contribution is -2.54. The molecule has 2 saturated heterocycles. The molecule has 2 aromatic rings. The van der Waals surface area contributed by atoms with Crippen molar-refractivity contribution in [1.29, 1.82) is 0 Å². The molecule has 1 aromatic heterocycles. The van der Waals surface area contributed by atoms with Crippen LogP contribution in [-0.2, 0) is 4.74 Å². The van der Waals surface area contributed by atoms with Gasteiger partial charge in [-0.15, -0.1) is 0 Å². The molecule has 0 aliphatic carbocycles. The van der Waals surface area contributed by atoms with Crippen molar-refractivity contribution in [1.82, 2.24) is 14.8 Å². The van der Waals surface area contributed by atoms with Gasteiger partial charge in [-0.3, -0.25) is 0 Å². The van der Waals surface area contributed by atoms with Crippen molar-refractivity contribution in [3.8, 4) is 0 Å². The van der Waals surface area contributed by atoms with Crippen LogP contribution >= 0.6 is 0 Å². The van der Waals surface area contributed by atoms with Crippen molar-refractivity contribution in [3.05, 3.63) is 24.3 Å². The number of nitrogens with zero attached hydrogens (tertiary/aromatic N) is 4. The summed E-state index contributed by atoms with van der Waals surface area (Å²) in [6.07, 6.45) is 2.02. The zero-order chi connectivity index (χ0) is 17.2. The van der Waals surface area contributed by atoms with E-state index >= 15 is 0 Å². The highest BCUT2D eigenvalue weighted by molar-refractivity contribution is 5.75.